The summed E-state index contributed by atoms with van der Waals surface area (Å²) in [6.45, 7) is -0.762. The first-order chi connectivity index (χ1) is 20.0. The predicted octanol–water partition coefficient (Wildman–Crippen LogP) is 3.42. The molecule has 4 atom stereocenters. The first kappa shape index (κ1) is 29.8. The number of anilines is 2. The normalized spacial score (nSPS) is 21.9. The van der Waals surface area contributed by atoms with Gasteiger partial charge in [-0.3, -0.25) is 4.79 Å². The maximum absolute atomic E-state index is 14.0. The number of nitrogens with one attached hydrogen (secondary N) is 1. The molecule has 0 spiro atoms. The van der Waals surface area contributed by atoms with Gasteiger partial charge in [0.2, 0.25) is 5.91 Å². The number of ether oxygens (including phenoxy) is 1. The first-order valence-electron chi connectivity index (χ1n) is 13.3. The lowest BCUT2D eigenvalue weighted by Gasteiger charge is -2.47. The Morgan fingerprint density at radius 1 is 1.00 bits per heavy atom. The molecule has 1 amide bonds. The van der Waals surface area contributed by atoms with Gasteiger partial charge in [-0.15, -0.1) is 13.2 Å². The second-order valence-corrected chi connectivity index (χ2v) is 12.2. The predicted molar refractivity (Wildman–Crippen MR) is 151 cm³/mol. The van der Waals surface area contributed by atoms with Crippen molar-refractivity contribution in [3.05, 3.63) is 83.9 Å². The highest BCUT2D eigenvalue weighted by Crippen LogP contribution is 2.39. The Morgan fingerprint density at radius 3 is 2.10 bits per heavy atom. The Bertz CT molecular complexity index is 1510. The van der Waals surface area contributed by atoms with Crippen molar-refractivity contribution in [1.29, 1.82) is 0 Å². The molecule has 1 fully saturated rings. The molecule has 0 aliphatic carbocycles. The van der Waals surface area contributed by atoms with Crippen LogP contribution in [0.3, 0.4) is 0 Å². The lowest BCUT2D eigenvalue weighted by molar-refractivity contribution is -0.274. The second-order valence-electron chi connectivity index (χ2n) is 10.1. The number of piperidine rings is 1. The van der Waals surface area contributed by atoms with Crippen LogP contribution in [0.25, 0.3) is 0 Å². The fourth-order valence-electron chi connectivity index (χ4n) is 5.59. The van der Waals surface area contributed by atoms with E-state index in [0.717, 1.165) is 47.5 Å². The number of carbonyl (C=O) groups is 1. The van der Waals surface area contributed by atoms with Crippen LogP contribution in [0.4, 0.5) is 24.5 Å². The van der Waals surface area contributed by atoms with Gasteiger partial charge in [0.25, 0.3) is 0 Å². The highest BCUT2D eigenvalue weighted by molar-refractivity contribution is 7.91. The van der Waals surface area contributed by atoms with Crippen LogP contribution in [0, 0.1) is 0 Å². The van der Waals surface area contributed by atoms with Crippen LogP contribution in [-0.2, 0) is 27.6 Å². The van der Waals surface area contributed by atoms with Gasteiger partial charge in [0.1, 0.15) is 22.3 Å². The number of aliphatic hydroxyl groups excluding tert-OH is 2. The smallest absolute Gasteiger partial charge is 0.406 e. The van der Waals surface area contributed by atoms with Crippen molar-refractivity contribution in [2.75, 3.05) is 31.6 Å². The van der Waals surface area contributed by atoms with Gasteiger partial charge in [0.15, 0.2) is 0 Å². The van der Waals surface area contributed by atoms with E-state index in [0.29, 0.717) is 0 Å². The average molecular weight is 605 g/mol. The van der Waals surface area contributed by atoms with Crippen LogP contribution in [0.2, 0.25) is 0 Å². The number of para-hydroxylation sites is 2. The maximum atomic E-state index is 14.0. The number of benzene rings is 3. The van der Waals surface area contributed by atoms with Crippen molar-refractivity contribution < 1.29 is 37.1 Å². The largest absolute Gasteiger partial charge is 0.573 e. The zero-order valence-corrected chi connectivity index (χ0v) is 23.5. The Morgan fingerprint density at radius 2 is 1.57 bits per heavy atom. The molecule has 2 aliphatic rings. The summed E-state index contributed by atoms with van der Waals surface area (Å²) in [6.07, 6.45) is -4.53. The third kappa shape index (κ3) is 6.09. The first-order valence-corrected chi connectivity index (χ1v) is 14.8. The van der Waals surface area contributed by atoms with Gasteiger partial charge in [-0.2, -0.15) is 0 Å². The Hall–Kier alpha value is -3.65. The Kier molecular flexibility index (Phi) is 8.46. The van der Waals surface area contributed by atoms with E-state index in [1.54, 1.807) is 0 Å². The molecule has 3 aromatic rings. The van der Waals surface area contributed by atoms with E-state index < -0.39 is 52.7 Å². The Balaban J connectivity index is 1.53. The zero-order valence-electron chi connectivity index (χ0n) is 22.7. The van der Waals surface area contributed by atoms with Gasteiger partial charge >= 0.3 is 6.36 Å². The molecule has 3 N–H and O–H groups in total. The van der Waals surface area contributed by atoms with Gasteiger partial charge < -0.3 is 24.7 Å². The number of rotatable bonds is 6. The third-order valence-corrected chi connectivity index (χ3v) is 9.61. The van der Waals surface area contributed by atoms with Crippen molar-refractivity contribution in [3.63, 3.8) is 0 Å². The molecule has 13 heteroatoms. The number of halogens is 3. The molecule has 0 bridgehead atoms. The van der Waals surface area contributed by atoms with E-state index in [1.165, 1.54) is 24.1 Å². The molecule has 0 saturated carbocycles. The van der Waals surface area contributed by atoms with Crippen LogP contribution in [0.1, 0.15) is 11.1 Å². The van der Waals surface area contributed by atoms with Crippen LogP contribution >= 0.6 is 0 Å². The van der Waals surface area contributed by atoms with Crippen LogP contribution in [0.15, 0.2) is 82.1 Å². The van der Waals surface area contributed by atoms with Crippen molar-refractivity contribution in [2.45, 2.75) is 42.3 Å². The van der Waals surface area contributed by atoms with Gasteiger partial charge in [-0.05, 0) is 60.4 Å². The molecule has 5 rings (SSSR count). The van der Waals surface area contributed by atoms with Crippen LogP contribution in [-0.4, -0.2) is 76.5 Å². The number of amides is 1. The van der Waals surface area contributed by atoms with Gasteiger partial charge in [0.05, 0.1) is 23.1 Å². The standard InChI is InChI=1S/C29H31F3N4O5S/c1-33-42(40,22-14-12-21(13-15-22)41-29(30,31)32)34-23-16-35(27(38)18-37)17-26(28(23)39)36-24-8-4-2-6-19(24)10-11-20-7-3-5-9-25(20)36/h2-9,12-15,23,26,28,37,39H,10-11,16-18H2,1H3,(H,33,34,40). The fraction of sp³-hybridized carbons (Fsp3) is 0.345. The lowest BCUT2D eigenvalue weighted by atomic mass is 9.94. The lowest BCUT2D eigenvalue weighted by Crippen LogP contribution is -2.66. The monoisotopic (exact) mass is 604 g/mol. The minimum absolute atomic E-state index is 0.0688. The number of alkyl halides is 3. The molecular formula is C29H31F3N4O5S. The quantitative estimate of drug-likeness (QED) is 0.398. The molecule has 224 valence electrons. The van der Waals surface area contributed by atoms with Crippen LogP contribution < -0.4 is 14.4 Å². The fourth-order valence-corrected chi connectivity index (χ4v) is 7.18. The van der Waals surface area contributed by atoms with E-state index in [-0.39, 0.29) is 18.0 Å². The molecule has 9 nitrogen and oxygen atoms in total. The van der Waals surface area contributed by atoms with Gasteiger partial charge in [-0.1, -0.05) is 36.4 Å². The molecule has 1 saturated heterocycles. The molecule has 42 heavy (non-hydrogen) atoms. The van der Waals surface area contributed by atoms with Crippen molar-refractivity contribution in [2.24, 2.45) is 4.36 Å². The highest BCUT2D eigenvalue weighted by atomic mass is 32.2. The van der Waals surface area contributed by atoms with Crippen LogP contribution in [0.5, 0.6) is 5.75 Å². The molecule has 2 heterocycles. The number of likely N-dealkylation sites (tertiary alicyclic amines) is 1. The number of carbonyl (C=O) groups excluding carboxylic acids is 1. The molecule has 3 aromatic carbocycles. The molecule has 4 unspecified atom stereocenters. The van der Waals surface area contributed by atoms with E-state index in [4.69, 9.17) is 0 Å². The SMILES string of the molecule is CN=S(=O)(NC1CN(C(=O)CO)CC(N2c3ccccc3CCc3ccccc32)C1O)c1ccc(OC(F)(F)F)cc1. The van der Waals surface area contributed by atoms with E-state index in [1.807, 2.05) is 53.4 Å². The summed E-state index contributed by atoms with van der Waals surface area (Å²) in [7, 11) is -2.19. The summed E-state index contributed by atoms with van der Waals surface area (Å²) in [5.41, 5.74) is 3.85. The molecule has 2 aliphatic heterocycles. The highest BCUT2D eigenvalue weighted by Gasteiger charge is 2.43. The van der Waals surface area contributed by atoms with E-state index in [2.05, 4.69) is 13.8 Å². The minimum Gasteiger partial charge on any atom is -0.406 e. The molecule has 0 aromatic heterocycles. The van der Waals surface area contributed by atoms with Crippen molar-refractivity contribution in [1.82, 2.24) is 9.62 Å². The Labute approximate surface area is 241 Å². The number of hydrogen-bond acceptors (Lipinski definition) is 7. The zero-order chi connectivity index (χ0) is 30.1. The number of fused-ring (bicyclic) bond motifs is 2. The summed E-state index contributed by atoms with van der Waals surface area (Å²) >= 11 is 0. The molecule has 0 radical (unpaired) electrons. The van der Waals surface area contributed by atoms with E-state index in [9.17, 15) is 32.4 Å². The summed E-state index contributed by atoms with van der Waals surface area (Å²) in [6, 6.07) is 18.4. The second kappa shape index (κ2) is 11.9. The molecular weight excluding hydrogens is 573 g/mol. The van der Waals surface area contributed by atoms with Gasteiger partial charge in [-0.25, -0.2) is 13.3 Å². The number of nitrogens with zero attached hydrogens (tertiary/aromatic N) is 3. The van der Waals surface area contributed by atoms with Gasteiger partial charge in [0, 0.05) is 31.5 Å². The minimum atomic E-state index is -4.88. The average Bonchev–Trinajstić information content (AvgIpc) is 3.14. The topological polar surface area (TPSA) is 115 Å². The maximum Gasteiger partial charge on any atom is 0.573 e. The number of aryl methyl sites for hydroxylation is 2. The van der Waals surface area contributed by atoms with Crippen molar-refractivity contribution >= 4 is 27.2 Å². The summed E-state index contributed by atoms with van der Waals surface area (Å²) in [4.78, 5) is 16.3. The van der Waals surface area contributed by atoms with E-state index >= 15 is 0 Å². The summed E-state index contributed by atoms with van der Waals surface area (Å²) in [5.74, 6) is -1.05. The number of hydrogen-bond donors (Lipinski definition) is 3. The van der Waals surface area contributed by atoms with Crippen molar-refractivity contribution in [3.8, 4) is 5.75 Å². The third-order valence-electron chi connectivity index (χ3n) is 7.56. The summed E-state index contributed by atoms with van der Waals surface area (Å²) in [5, 5.41) is 21.6. The number of aliphatic hydroxyl groups is 2. The summed E-state index contributed by atoms with van der Waals surface area (Å²) < 4.78 is 62.8.